The predicted octanol–water partition coefficient (Wildman–Crippen LogP) is 2.55. The molecule has 0 radical (unpaired) electrons. The molecule has 0 aliphatic carbocycles. The van der Waals surface area contributed by atoms with Gasteiger partial charge in [0, 0.05) is 5.39 Å². The molecule has 20 heavy (non-hydrogen) atoms. The van der Waals surface area contributed by atoms with Crippen LogP contribution >= 0.6 is 11.6 Å². The van der Waals surface area contributed by atoms with E-state index in [0.29, 0.717) is 17.4 Å². The van der Waals surface area contributed by atoms with Crippen LogP contribution in [0.25, 0.3) is 10.8 Å². The zero-order valence-electron chi connectivity index (χ0n) is 10.3. The number of hydrogen-bond acceptors (Lipinski definition) is 4. The molecule has 0 atom stereocenters. The third-order valence-electron chi connectivity index (χ3n) is 2.80. The molecule has 0 aliphatic heterocycles. The van der Waals surface area contributed by atoms with E-state index >= 15 is 0 Å². The van der Waals surface area contributed by atoms with Crippen molar-refractivity contribution in [3.8, 4) is 5.88 Å². The molecule has 3 rings (SSSR count). The molecule has 0 saturated heterocycles. The number of rotatable bonds is 3. The summed E-state index contributed by atoms with van der Waals surface area (Å²) in [5.74, 6) is 0.208. The van der Waals surface area contributed by atoms with E-state index in [9.17, 15) is 4.79 Å². The van der Waals surface area contributed by atoms with Crippen molar-refractivity contribution >= 4 is 22.4 Å². The number of fused-ring (bicyclic) bond motifs is 1. The van der Waals surface area contributed by atoms with Crippen LogP contribution in [0.4, 0.5) is 0 Å². The molecule has 1 aromatic carbocycles. The van der Waals surface area contributed by atoms with Crippen LogP contribution in [0.5, 0.6) is 5.88 Å². The van der Waals surface area contributed by atoms with E-state index in [1.165, 1.54) is 6.20 Å². The second-order valence-electron chi connectivity index (χ2n) is 4.19. The van der Waals surface area contributed by atoms with Crippen LogP contribution in [0.3, 0.4) is 0 Å². The van der Waals surface area contributed by atoms with E-state index < -0.39 is 0 Å². The van der Waals surface area contributed by atoms with E-state index in [0.717, 1.165) is 5.56 Å². The number of aromatic nitrogens is 3. The van der Waals surface area contributed by atoms with Crippen molar-refractivity contribution in [1.29, 1.82) is 0 Å². The number of hydrogen-bond donors (Lipinski definition) is 1. The van der Waals surface area contributed by atoms with Crippen molar-refractivity contribution in [2.75, 3.05) is 0 Å². The first-order chi connectivity index (χ1) is 9.74. The Kier molecular flexibility index (Phi) is 3.35. The van der Waals surface area contributed by atoms with Gasteiger partial charge in [0.2, 0.25) is 5.88 Å². The third kappa shape index (κ3) is 2.48. The number of H-pyrrole nitrogens is 1. The second-order valence-corrected chi connectivity index (χ2v) is 4.58. The number of benzene rings is 1. The average Bonchev–Trinajstić information content (AvgIpc) is 2.45. The van der Waals surface area contributed by atoms with Gasteiger partial charge in [0.25, 0.3) is 5.56 Å². The van der Waals surface area contributed by atoms with E-state index in [4.69, 9.17) is 16.3 Å². The average molecular weight is 288 g/mol. The van der Waals surface area contributed by atoms with Gasteiger partial charge in [-0.3, -0.25) is 4.79 Å². The first kappa shape index (κ1) is 12.6. The normalized spacial score (nSPS) is 10.7. The van der Waals surface area contributed by atoms with Gasteiger partial charge in [0.05, 0.1) is 6.20 Å². The molecule has 5 nitrogen and oxygen atoms in total. The first-order valence-corrected chi connectivity index (χ1v) is 6.32. The summed E-state index contributed by atoms with van der Waals surface area (Å²) in [6.45, 7) is 0.311. The molecular formula is C14H10ClN3O2. The SMILES string of the molecule is O=c1[nH]ncc2cc(Cl)nc(OCc3ccccc3)c12. The fraction of sp³-hybridized carbons (Fsp3) is 0.0714. The lowest BCUT2D eigenvalue weighted by atomic mass is 10.2. The Morgan fingerprint density at radius 2 is 2.05 bits per heavy atom. The molecule has 0 unspecified atom stereocenters. The number of pyridine rings is 1. The molecule has 0 fully saturated rings. The van der Waals surface area contributed by atoms with Crippen LogP contribution in [0.2, 0.25) is 5.15 Å². The number of nitrogens with one attached hydrogen (secondary N) is 1. The van der Waals surface area contributed by atoms with Gasteiger partial charge in [-0.15, -0.1) is 0 Å². The summed E-state index contributed by atoms with van der Waals surface area (Å²) >= 11 is 5.93. The molecule has 0 aliphatic rings. The van der Waals surface area contributed by atoms with Crippen LogP contribution in [0, 0.1) is 0 Å². The van der Waals surface area contributed by atoms with E-state index in [1.807, 2.05) is 30.3 Å². The summed E-state index contributed by atoms with van der Waals surface area (Å²) in [5, 5.41) is 7.30. The smallest absolute Gasteiger partial charge is 0.277 e. The summed E-state index contributed by atoms with van der Waals surface area (Å²) in [6.07, 6.45) is 1.51. The lowest BCUT2D eigenvalue weighted by molar-refractivity contribution is 0.298. The molecule has 0 spiro atoms. The minimum atomic E-state index is -0.352. The first-order valence-electron chi connectivity index (χ1n) is 5.95. The molecule has 100 valence electrons. The highest BCUT2D eigenvalue weighted by Crippen LogP contribution is 2.23. The summed E-state index contributed by atoms with van der Waals surface area (Å²) in [5.41, 5.74) is 0.627. The quantitative estimate of drug-likeness (QED) is 0.752. The van der Waals surface area contributed by atoms with Gasteiger partial charge in [-0.1, -0.05) is 41.9 Å². The van der Waals surface area contributed by atoms with Crippen molar-refractivity contribution in [2.45, 2.75) is 6.61 Å². The minimum absolute atomic E-state index is 0.208. The van der Waals surface area contributed by atoms with Crippen molar-refractivity contribution < 1.29 is 4.74 Å². The van der Waals surface area contributed by atoms with Gasteiger partial charge in [-0.25, -0.2) is 10.1 Å². The predicted molar refractivity (Wildman–Crippen MR) is 75.9 cm³/mol. The van der Waals surface area contributed by atoms with Crippen molar-refractivity contribution in [1.82, 2.24) is 15.2 Å². The van der Waals surface area contributed by atoms with Crippen molar-refractivity contribution in [3.63, 3.8) is 0 Å². The van der Waals surface area contributed by atoms with Gasteiger partial charge in [0.15, 0.2) is 0 Å². The van der Waals surface area contributed by atoms with Gasteiger partial charge in [0.1, 0.15) is 17.1 Å². The summed E-state index contributed by atoms with van der Waals surface area (Å²) < 4.78 is 5.62. The van der Waals surface area contributed by atoms with E-state index in [1.54, 1.807) is 6.07 Å². The van der Waals surface area contributed by atoms with Gasteiger partial charge in [-0.2, -0.15) is 5.10 Å². The maximum Gasteiger partial charge on any atom is 0.277 e. The maximum atomic E-state index is 11.8. The Labute approximate surface area is 119 Å². The van der Waals surface area contributed by atoms with E-state index in [2.05, 4.69) is 15.2 Å². The summed E-state index contributed by atoms with van der Waals surface area (Å²) in [4.78, 5) is 15.9. The molecule has 0 amide bonds. The topological polar surface area (TPSA) is 67.9 Å². The van der Waals surface area contributed by atoms with E-state index in [-0.39, 0.29) is 16.6 Å². The number of nitrogens with zero attached hydrogens (tertiary/aromatic N) is 2. The Morgan fingerprint density at radius 3 is 2.85 bits per heavy atom. The lowest BCUT2D eigenvalue weighted by Gasteiger charge is -2.08. The Morgan fingerprint density at radius 1 is 1.25 bits per heavy atom. The molecular weight excluding hydrogens is 278 g/mol. The lowest BCUT2D eigenvalue weighted by Crippen LogP contribution is -2.10. The molecule has 0 saturated carbocycles. The largest absolute Gasteiger partial charge is 0.472 e. The molecule has 6 heteroatoms. The Hall–Kier alpha value is -2.40. The highest BCUT2D eigenvalue weighted by Gasteiger charge is 2.10. The van der Waals surface area contributed by atoms with Gasteiger partial charge < -0.3 is 4.74 Å². The number of halogens is 1. The summed E-state index contributed by atoms with van der Waals surface area (Å²) in [6, 6.07) is 11.2. The molecule has 2 aromatic heterocycles. The second kappa shape index (κ2) is 5.30. The zero-order chi connectivity index (χ0) is 13.9. The highest BCUT2D eigenvalue weighted by atomic mass is 35.5. The minimum Gasteiger partial charge on any atom is -0.472 e. The van der Waals surface area contributed by atoms with Crippen molar-refractivity contribution in [2.24, 2.45) is 0 Å². The van der Waals surface area contributed by atoms with Crippen molar-refractivity contribution in [3.05, 3.63) is 63.7 Å². The zero-order valence-corrected chi connectivity index (χ0v) is 11.1. The Bertz CT molecular complexity index is 802. The van der Waals surface area contributed by atoms with Crippen LogP contribution in [-0.4, -0.2) is 15.2 Å². The maximum absolute atomic E-state index is 11.8. The molecule has 0 bridgehead atoms. The Balaban J connectivity index is 2.01. The fourth-order valence-electron chi connectivity index (χ4n) is 1.89. The number of ether oxygens (including phenoxy) is 1. The molecule has 2 heterocycles. The van der Waals surface area contributed by atoms with Crippen LogP contribution in [0.1, 0.15) is 5.56 Å². The highest BCUT2D eigenvalue weighted by molar-refractivity contribution is 6.30. The van der Waals surface area contributed by atoms with Gasteiger partial charge in [-0.05, 0) is 11.6 Å². The molecule has 1 N–H and O–H groups in total. The van der Waals surface area contributed by atoms with Crippen LogP contribution in [0.15, 0.2) is 47.4 Å². The van der Waals surface area contributed by atoms with Gasteiger partial charge >= 0.3 is 0 Å². The number of aromatic amines is 1. The third-order valence-corrected chi connectivity index (χ3v) is 2.99. The van der Waals surface area contributed by atoms with Crippen LogP contribution in [-0.2, 0) is 6.61 Å². The monoisotopic (exact) mass is 287 g/mol. The van der Waals surface area contributed by atoms with Crippen LogP contribution < -0.4 is 10.3 Å². The summed E-state index contributed by atoms with van der Waals surface area (Å²) in [7, 11) is 0. The standard InChI is InChI=1S/C14H10ClN3O2/c15-11-6-10-7-16-18-13(19)12(10)14(17-11)20-8-9-4-2-1-3-5-9/h1-7H,8H2,(H,18,19). The molecule has 3 aromatic rings. The fourth-order valence-corrected chi connectivity index (χ4v) is 2.08.